The van der Waals surface area contributed by atoms with E-state index in [0.29, 0.717) is 30.4 Å². The van der Waals surface area contributed by atoms with Gasteiger partial charge in [0.25, 0.3) is 5.91 Å². The molecule has 0 radical (unpaired) electrons. The number of likely N-dealkylation sites (tertiary alicyclic amines) is 1. The Kier molecular flexibility index (Phi) is 8.08. The summed E-state index contributed by atoms with van der Waals surface area (Å²) in [5.41, 5.74) is 5.01. The zero-order chi connectivity index (χ0) is 30.2. The van der Waals surface area contributed by atoms with Crippen LogP contribution in [0.5, 0.6) is 5.75 Å². The van der Waals surface area contributed by atoms with Crippen LogP contribution in [-0.2, 0) is 27.4 Å². The van der Waals surface area contributed by atoms with Gasteiger partial charge < -0.3 is 14.4 Å². The highest BCUT2D eigenvalue weighted by atomic mass is 16.5. The molecule has 44 heavy (non-hydrogen) atoms. The minimum atomic E-state index is -0.612. The number of hydrogen-bond acceptors (Lipinski definition) is 7. The van der Waals surface area contributed by atoms with Crippen molar-refractivity contribution in [3.8, 4) is 5.75 Å². The maximum atomic E-state index is 13.0. The average Bonchev–Trinajstić information content (AvgIpc) is 3.60. The Morgan fingerprint density at radius 3 is 2.77 bits per heavy atom. The first-order valence-electron chi connectivity index (χ1n) is 16.0. The summed E-state index contributed by atoms with van der Waals surface area (Å²) >= 11 is 0. The highest BCUT2D eigenvalue weighted by molar-refractivity contribution is 6.05. The molecule has 7 rings (SSSR count). The Bertz CT molecular complexity index is 1590. The first kappa shape index (κ1) is 28.9. The highest BCUT2D eigenvalue weighted by Gasteiger charge is 2.39. The minimum absolute atomic E-state index is 0.0681. The largest absolute Gasteiger partial charge is 0.489 e. The lowest BCUT2D eigenvalue weighted by Gasteiger charge is -2.29. The minimum Gasteiger partial charge on any atom is -0.489 e. The number of pyridine rings is 1. The SMILES string of the molecule is COC[C@H]1CCC[C@H](c2ccc3cc(CN4CC[C@H](Oc5ccc6c(c5)CN(C5CCC(=O)NC5=O)C6=O)C4)ccc3n2)C1. The van der Waals surface area contributed by atoms with Gasteiger partial charge in [-0.15, -0.1) is 0 Å². The summed E-state index contributed by atoms with van der Waals surface area (Å²) in [5, 5.41) is 3.54. The molecule has 1 unspecified atom stereocenters. The van der Waals surface area contributed by atoms with Gasteiger partial charge in [-0.05, 0) is 85.5 Å². The maximum absolute atomic E-state index is 13.0. The monoisotopic (exact) mass is 596 g/mol. The molecule has 1 N–H and O–H groups in total. The number of hydrogen-bond donors (Lipinski definition) is 1. The van der Waals surface area contributed by atoms with Crippen LogP contribution in [0.3, 0.4) is 0 Å². The lowest BCUT2D eigenvalue weighted by Crippen LogP contribution is -2.52. The molecule has 1 aromatic heterocycles. The van der Waals surface area contributed by atoms with Gasteiger partial charge in [-0.3, -0.25) is 29.6 Å². The number of piperidine rings is 1. The Morgan fingerprint density at radius 1 is 1.00 bits per heavy atom. The van der Waals surface area contributed by atoms with Gasteiger partial charge in [0.1, 0.15) is 17.9 Å². The number of carbonyl (C=O) groups excluding carboxylic acids is 3. The first-order valence-corrected chi connectivity index (χ1v) is 16.0. The normalized spacial score (nSPS) is 25.8. The number of aromatic nitrogens is 1. The molecule has 4 atom stereocenters. The van der Waals surface area contributed by atoms with E-state index in [1.807, 2.05) is 12.1 Å². The smallest absolute Gasteiger partial charge is 0.255 e. The fourth-order valence-electron chi connectivity index (χ4n) is 7.57. The van der Waals surface area contributed by atoms with Crippen molar-refractivity contribution in [2.45, 2.75) is 76.1 Å². The molecular weight excluding hydrogens is 556 g/mol. The second-order valence-corrected chi connectivity index (χ2v) is 12.9. The second kappa shape index (κ2) is 12.3. The topological polar surface area (TPSA) is 101 Å². The van der Waals surface area contributed by atoms with E-state index in [0.717, 1.165) is 55.9 Å². The van der Waals surface area contributed by atoms with Crippen molar-refractivity contribution in [2.24, 2.45) is 5.92 Å². The van der Waals surface area contributed by atoms with Crippen molar-refractivity contribution < 1.29 is 23.9 Å². The summed E-state index contributed by atoms with van der Waals surface area (Å²) < 4.78 is 11.8. The molecule has 3 amide bonds. The second-order valence-electron chi connectivity index (χ2n) is 12.9. The number of methoxy groups -OCH3 is 1. The molecule has 0 bridgehead atoms. The van der Waals surface area contributed by atoms with Gasteiger partial charge in [0, 0.05) is 68.9 Å². The molecule has 3 fully saturated rings. The van der Waals surface area contributed by atoms with Gasteiger partial charge in [0.15, 0.2) is 0 Å². The van der Waals surface area contributed by atoms with E-state index in [4.69, 9.17) is 14.5 Å². The first-order chi connectivity index (χ1) is 21.4. The quantitative estimate of drug-likeness (QED) is 0.380. The van der Waals surface area contributed by atoms with Crippen LogP contribution in [0.15, 0.2) is 48.5 Å². The van der Waals surface area contributed by atoms with Crippen LogP contribution in [-0.4, -0.2) is 71.5 Å². The van der Waals surface area contributed by atoms with Gasteiger partial charge in [-0.2, -0.15) is 0 Å². The zero-order valence-corrected chi connectivity index (χ0v) is 25.3. The predicted octanol–water partition coefficient (Wildman–Crippen LogP) is 4.57. The molecule has 3 aliphatic heterocycles. The third-order valence-electron chi connectivity index (χ3n) is 9.81. The number of rotatable bonds is 8. The number of nitrogens with one attached hydrogen (secondary N) is 1. The van der Waals surface area contributed by atoms with Crippen molar-refractivity contribution in [1.82, 2.24) is 20.1 Å². The Hall–Kier alpha value is -3.82. The van der Waals surface area contributed by atoms with Gasteiger partial charge in [-0.1, -0.05) is 18.6 Å². The van der Waals surface area contributed by atoms with Crippen molar-refractivity contribution in [1.29, 1.82) is 0 Å². The third-order valence-corrected chi connectivity index (χ3v) is 9.81. The average molecular weight is 597 g/mol. The van der Waals surface area contributed by atoms with Gasteiger partial charge in [0.05, 0.1) is 5.52 Å². The van der Waals surface area contributed by atoms with E-state index in [1.54, 1.807) is 18.1 Å². The van der Waals surface area contributed by atoms with E-state index >= 15 is 0 Å². The van der Waals surface area contributed by atoms with Crippen LogP contribution < -0.4 is 10.1 Å². The predicted molar refractivity (Wildman–Crippen MR) is 165 cm³/mol. The van der Waals surface area contributed by atoms with Crippen LogP contribution in [0.4, 0.5) is 0 Å². The standard InChI is InChI=1S/C35H40N4O5/c1-43-21-23-3-2-4-24(16-23)31-10-6-25-15-22(5-9-30(25)36-31)18-38-14-13-28(20-38)44-27-7-8-29-26(17-27)19-39(35(29)42)32-11-12-33(40)37-34(32)41/h5-10,15,17,23-24,28,32H,2-4,11-14,16,18-21H2,1H3,(H,37,40,41)/t23-,24-,28-,32?/m0/s1. The molecule has 3 aromatic rings. The fraction of sp³-hybridized carbons (Fsp3) is 0.486. The molecule has 1 saturated carbocycles. The summed E-state index contributed by atoms with van der Waals surface area (Å²) in [6.07, 6.45) is 6.47. The van der Waals surface area contributed by atoms with Crippen LogP contribution in [0, 0.1) is 5.92 Å². The summed E-state index contributed by atoms with van der Waals surface area (Å²) in [6, 6.07) is 16.1. The third kappa shape index (κ3) is 5.95. The van der Waals surface area contributed by atoms with Crippen LogP contribution in [0.25, 0.3) is 10.9 Å². The number of benzene rings is 2. The fourth-order valence-corrected chi connectivity index (χ4v) is 7.57. The van der Waals surface area contributed by atoms with Crippen molar-refractivity contribution in [2.75, 3.05) is 26.8 Å². The number of ether oxygens (including phenoxy) is 2. The lowest BCUT2D eigenvalue weighted by molar-refractivity contribution is -0.136. The van der Waals surface area contributed by atoms with Crippen molar-refractivity contribution in [3.05, 3.63) is 70.9 Å². The van der Waals surface area contributed by atoms with Gasteiger partial charge >= 0.3 is 0 Å². The van der Waals surface area contributed by atoms with Crippen LogP contribution in [0.2, 0.25) is 0 Å². The Labute approximate surface area is 257 Å². The number of carbonyl (C=O) groups is 3. The lowest BCUT2D eigenvalue weighted by atomic mass is 9.80. The number of imide groups is 1. The van der Waals surface area contributed by atoms with Crippen molar-refractivity contribution in [3.63, 3.8) is 0 Å². The number of fused-ring (bicyclic) bond motifs is 2. The molecule has 4 heterocycles. The summed E-state index contributed by atoms with van der Waals surface area (Å²) in [4.78, 5) is 46.0. The molecule has 2 saturated heterocycles. The summed E-state index contributed by atoms with van der Waals surface area (Å²) in [6.45, 7) is 3.84. The molecule has 0 spiro atoms. The van der Waals surface area contributed by atoms with E-state index in [1.165, 1.54) is 35.9 Å². The zero-order valence-electron chi connectivity index (χ0n) is 25.3. The molecule has 2 aromatic carbocycles. The van der Waals surface area contributed by atoms with E-state index in [2.05, 4.69) is 40.5 Å². The van der Waals surface area contributed by atoms with Gasteiger partial charge in [0.2, 0.25) is 11.8 Å². The summed E-state index contributed by atoms with van der Waals surface area (Å²) in [7, 11) is 1.80. The summed E-state index contributed by atoms with van der Waals surface area (Å²) in [5.74, 6) is 1.05. The molecule has 1 aliphatic carbocycles. The molecule has 230 valence electrons. The molecule has 4 aliphatic rings. The van der Waals surface area contributed by atoms with Crippen LogP contribution in [0.1, 0.15) is 78.0 Å². The van der Waals surface area contributed by atoms with Gasteiger partial charge in [-0.25, -0.2) is 0 Å². The van der Waals surface area contributed by atoms with E-state index < -0.39 is 11.9 Å². The maximum Gasteiger partial charge on any atom is 0.255 e. The van der Waals surface area contributed by atoms with E-state index in [-0.39, 0.29) is 24.3 Å². The molecule has 9 nitrogen and oxygen atoms in total. The van der Waals surface area contributed by atoms with E-state index in [9.17, 15) is 14.4 Å². The highest BCUT2D eigenvalue weighted by Crippen LogP contribution is 2.36. The molecule has 9 heteroatoms. The Balaban J connectivity index is 0.947. The number of nitrogens with zero attached hydrogens (tertiary/aromatic N) is 3. The van der Waals surface area contributed by atoms with Crippen molar-refractivity contribution >= 4 is 28.6 Å². The Morgan fingerprint density at radius 2 is 1.91 bits per heavy atom. The number of amides is 3. The molecular formula is C35H40N4O5. The van der Waals surface area contributed by atoms with Crippen LogP contribution >= 0.6 is 0 Å².